The van der Waals surface area contributed by atoms with E-state index in [0.717, 1.165) is 22.9 Å². The molecular formula is C17H22N4O3S. The zero-order valence-electron chi connectivity index (χ0n) is 14.2. The van der Waals surface area contributed by atoms with E-state index < -0.39 is 0 Å². The summed E-state index contributed by atoms with van der Waals surface area (Å²) >= 11 is 1.51. The number of aromatic nitrogens is 2. The van der Waals surface area contributed by atoms with Crippen LogP contribution in [-0.2, 0) is 16.0 Å². The average Bonchev–Trinajstić information content (AvgIpc) is 3.27. The molecule has 1 aliphatic rings. The van der Waals surface area contributed by atoms with E-state index >= 15 is 0 Å². The number of carbonyl (C=O) groups is 2. The van der Waals surface area contributed by atoms with Crippen molar-refractivity contribution in [1.29, 1.82) is 0 Å². The van der Waals surface area contributed by atoms with Gasteiger partial charge in [0.1, 0.15) is 0 Å². The number of piperidine rings is 1. The van der Waals surface area contributed by atoms with Crippen molar-refractivity contribution in [2.75, 3.05) is 19.7 Å². The van der Waals surface area contributed by atoms with E-state index in [4.69, 9.17) is 4.74 Å². The van der Waals surface area contributed by atoms with Gasteiger partial charge in [-0.05, 0) is 31.9 Å². The molecule has 2 aromatic rings. The number of carbonyl (C=O) groups excluding carboxylic acids is 2. The van der Waals surface area contributed by atoms with Gasteiger partial charge in [0.05, 0.1) is 13.0 Å². The number of likely N-dealkylation sites (tertiary alicyclic amines) is 1. The summed E-state index contributed by atoms with van der Waals surface area (Å²) in [6, 6.07) is 3.99. The van der Waals surface area contributed by atoms with E-state index in [1.165, 1.54) is 11.3 Å². The highest BCUT2D eigenvalue weighted by Gasteiger charge is 2.24. The normalized spacial score (nSPS) is 15.2. The molecule has 8 heteroatoms. The molecule has 25 heavy (non-hydrogen) atoms. The van der Waals surface area contributed by atoms with E-state index in [-0.39, 0.29) is 18.0 Å². The first-order chi connectivity index (χ1) is 12.2. The number of hydrogen-bond acceptors (Lipinski definition) is 5. The molecule has 1 aliphatic heterocycles. The number of hydrogen-bond donors (Lipinski definition) is 1. The summed E-state index contributed by atoms with van der Waals surface area (Å²) in [6.45, 7) is 3.41. The number of amides is 2. The molecule has 2 aromatic heterocycles. The zero-order valence-corrected chi connectivity index (χ0v) is 15.0. The highest BCUT2D eigenvalue weighted by molar-refractivity contribution is 7.14. The van der Waals surface area contributed by atoms with Crippen LogP contribution in [0, 0.1) is 0 Å². The minimum Gasteiger partial charge on any atom is -0.450 e. The summed E-state index contributed by atoms with van der Waals surface area (Å²) in [7, 11) is 0. The van der Waals surface area contributed by atoms with Crippen molar-refractivity contribution >= 4 is 23.3 Å². The Labute approximate surface area is 150 Å². The highest BCUT2D eigenvalue weighted by Crippen LogP contribution is 2.18. The van der Waals surface area contributed by atoms with Crippen molar-refractivity contribution < 1.29 is 14.3 Å². The quantitative estimate of drug-likeness (QED) is 0.885. The van der Waals surface area contributed by atoms with Gasteiger partial charge in [0, 0.05) is 42.6 Å². The van der Waals surface area contributed by atoms with Gasteiger partial charge in [-0.2, -0.15) is 0 Å². The Hall–Kier alpha value is -2.35. The first-order valence-corrected chi connectivity index (χ1v) is 9.26. The van der Waals surface area contributed by atoms with Crippen molar-refractivity contribution in [3.05, 3.63) is 35.6 Å². The lowest BCUT2D eigenvalue weighted by atomic mass is 10.1. The molecule has 0 aromatic carbocycles. The van der Waals surface area contributed by atoms with Gasteiger partial charge in [-0.1, -0.05) is 0 Å². The average molecular weight is 362 g/mol. The van der Waals surface area contributed by atoms with Crippen LogP contribution < -0.4 is 5.32 Å². The van der Waals surface area contributed by atoms with E-state index in [0.29, 0.717) is 26.1 Å². The number of rotatable bonds is 5. The number of ether oxygens (including phenoxy) is 1. The molecule has 0 radical (unpaired) electrons. The zero-order chi connectivity index (χ0) is 17.6. The van der Waals surface area contributed by atoms with Crippen LogP contribution in [0.2, 0.25) is 0 Å². The Bertz CT molecular complexity index is 705. The molecule has 0 spiro atoms. The second kappa shape index (κ2) is 8.15. The van der Waals surface area contributed by atoms with Crippen LogP contribution in [0.3, 0.4) is 0 Å². The second-order valence-electron chi connectivity index (χ2n) is 5.90. The third-order valence-electron chi connectivity index (χ3n) is 4.09. The van der Waals surface area contributed by atoms with E-state index in [1.807, 2.05) is 29.1 Å². The molecule has 2 amide bonds. The number of nitrogens with zero attached hydrogens (tertiary/aromatic N) is 3. The minimum atomic E-state index is -0.269. The summed E-state index contributed by atoms with van der Waals surface area (Å²) in [6.07, 6.45) is 7.18. The third kappa shape index (κ3) is 4.60. The maximum Gasteiger partial charge on any atom is 0.409 e. The SMILES string of the molecule is CCOC(=O)N1CCC(NC(=O)Cc2cnc(-n3cccc3)s2)CC1. The molecule has 7 nitrogen and oxygen atoms in total. The summed E-state index contributed by atoms with van der Waals surface area (Å²) in [4.78, 5) is 30.9. The molecule has 134 valence electrons. The predicted octanol–water partition coefficient (Wildman–Crippen LogP) is 2.21. The van der Waals surface area contributed by atoms with Crippen LogP contribution in [0.15, 0.2) is 30.7 Å². The van der Waals surface area contributed by atoms with Gasteiger partial charge in [-0.3, -0.25) is 4.79 Å². The van der Waals surface area contributed by atoms with Gasteiger partial charge in [0.15, 0.2) is 5.13 Å². The summed E-state index contributed by atoms with van der Waals surface area (Å²) in [5.41, 5.74) is 0. The lowest BCUT2D eigenvalue weighted by Crippen LogP contribution is -2.47. The lowest BCUT2D eigenvalue weighted by Gasteiger charge is -2.31. The summed E-state index contributed by atoms with van der Waals surface area (Å²) in [5.74, 6) is -0.00251. The molecule has 0 aliphatic carbocycles. The van der Waals surface area contributed by atoms with Crippen molar-refractivity contribution in [2.45, 2.75) is 32.2 Å². The summed E-state index contributed by atoms with van der Waals surface area (Å²) in [5, 5.41) is 3.91. The van der Waals surface area contributed by atoms with Crippen LogP contribution >= 0.6 is 11.3 Å². The maximum atomic E-state index is 12.3. The molecule has 3 rings (SSSR count). The van der Waals surface area contributed by atoms with Crippen LogP contribution in [0.1, 0.15) is 24.6 Å². The first-order valence-electron chi connectivity index (χ1n) is 8.45. The largest absolute Gasteiger partial charge is 0.450 e. The molecule has 1 saturated heterocycles. The van der Waals surface area contributed by atoms with Crippen LogP contribution in [0.4, 0.5) is 4.79 Å². The smallest absolute Gasteiger partial charge is 0.409 e. The van der Waals surface area contributed by atoms with Gasteiger partial charge in [0.25, 0.3) is 0 Å². The Kier molecular flexibility index (Phi) is 5.70. The van der Waals surface area contributed by atoms with Gasteiger partial charge in [0.2, 0.25) is 5.91 Å². The highest BCUT2D eigenvalue weighted by atomic mass is 32.1. The summed E-state index contributed by atoms with van der Waals surface area (Å²) < 4.78 is 6.93. The Morgan fingerprint density at radius 2 is 2.04 bits per heavy atom. The van der Waals surface area contributed by atoms with Crippen molar-refractivity contribution in [3.63, 3.8) is 0 Å². The number of nitrogens with one attached hydrogen (secondary N) is 1. The van der Waals surface area contributed by atoms with Gasteiger partial charge >= 0.3 is 6.09 Å². The topological polar surface area (TPSA) is 76.5 Å². The Morgan fingerprint density at radius 1 is 1.32 bits per heavy atom. The van der Waals surface area contributed by atoms with E-state index in [9.17, 15) is 9.59 Å². The minimum absolute atomic E-state index is 0.00251. The molecule has 1 fully saturated rings. The Balaban J connectivity index is 1.45. The molecule has 3 heterocycles. The van der Waals surface area contributed by atoms with Gasteiger partial charge < -0.3 is 19.5 Å². The van der Waals surface area contributed by atoms with Crippen molar-refractivity contribution in [1.82, 2.24) is 19.8 Å². The molecular weight excluding hydrogens is 340 g/mol. The Morgan fingerprint density at radius 3 is 2.72 bits per heavy atom. The molecule has 0 saturated carbocycles. The molecule has 0 atom stereocenters. The molecule has 0 bridgehead atoms. The fourth-order valence-electron chi connectivity index (χ4n) is 2.82. The van der Waals surface area contributed by atoms with E-state index in [1.54, 1.807) is 18.0 Å². The maximum absolute atomic E-state index is 12.3. The predicted molar refractivity (Wildman–Crippen MR) is 94.9 cm³/mol. The monoisotopic (exact) mass is 362 g/mol. The van der Waals surface area contributed by atoms with E-state index in [2.05, 4.69) is 10.3 Å². The third-order valence-corrected chi connectivity index (χ3v) is 5.10. The second-order valence-corrected chi connectivity index (χ2v) is 7.00. The number of thiazole rings is 1. The fraction of sp³-hybridized carbons (Fsp3) is 0.471. The van der Waals surface area contributed by atoms with Gasteiger partial charge in [-0.25, -0.2) is 9.78 Å². The van der Waals surface area contributed by atoms with Crippen LogP contribution in [0.5, 0.6) is 0 Å². The first kappa shape index (κ1) is 17.5. The van der Waals surface area contributed by atoms with Crippen molar-refractivity contribution in [3.8, 4) is 5.13 Å². The lowest BCUT2D eigenvalue weighted by molar-refractivity contribution is -0.121. The van der Waals surface area contributed by atoms with Crippen molar-refractivity contribution in [2.24, 2.45) is 0 Å². The van der Waals surface area contributed by atoms with Crippen LogP contribution in [-0.4, -0.2) is 52.2 Å². The molecule has 1 N–H and O–H groups in total. The van der Waals surface area contributed by atoms with Crippen LogP contribution in [0.25, 0.3) is 5.13 Å². The van der Waals surface area contributed by atoms with Gasteiger partial charge in [-0.15, -0.1) is 11.3 Å². The fourth-order valence-corrected chi connectivity index (χ4v) is 3.69. The molecule has 0 unspecified atom stereocenters. The standard InChI is InChI=1S/C17H22N4O3S/c1-2-24-17(23)21-9-5-13(6-10-21)19-15(22)11-14-12-18-16(25-14)20-7-3-4-8-20/h3-4,7-8,12-13H,2,5-6,9-11H2,1H3,(H,19,22).